The summed E-state index contributed by atoms with van der Waals surface area (Å²) < 4.78 is 0. The lowest BCUT2D eigenvalue weighted by atomic mass is 9.75. The third-order valence-corrected chi connectivity index (χ3v) is 8.85. The molecule has 1 aromatic heterocycles. The van der Waals surface area contributed by atoms with Gasteiger partial charge in [-0.1, -0.05) is 109 Å². The summed E-state index contributed by atoms with van der Waals surface area (Å²) in [5.74, 6) is 0.0425. The zero-order chi connectivity index (χ0) is 27.7. The van der Waals surface area contributed by atoms with E-state index in [1.165, 1.54) is 16.5 Å². The second-order valence-corrected chi connectivity index (χ2v) is 11.2. The van der Waals surface area contributed by atoms with Crippen LogP contribution in [0.15, 0.2) is 115 Å². The van der Waals surface area contributed by atoms with Crippen molar-refractivity contribution in [3.63, 3.8) is 0 Å². The van der Waals surface area contributed by atoms with E-state index < -0.39 is 5.54 Å². The number of aromatic amines is 1. The predicted molar refractivity (Wildman–Crippen MR) is 167 cm³/mol. The molecule has 1 unspecified atom stereocenters. The van der Waals surface area contributed by atoms with Crippen LogP contribution in [0, 0.1) is 13.8 Å². The lowest BCUT2D eigenvalue weighted by Gasteiger charge is -2.38. The van der Waals surface area contributed by atoms with Gasteiger partial charge < -0.3 is 15.2 Å². The summed E-state index contributed by atoms with van der Waals surface area (Å²) in [5, 5.41) is 4.94. The number of fused-ring (bicyclic) bond motifs is 8. The first kappa shape index (κ1) is 23.8. The van der Waals surface area contributed by atoms with Gasteiger partial charge in [0.25, 0.3) is 5.91 Å². The molecule has 2 N–H and O–H groups in total. The summed E-state index contributed by atoms with van der Waals surface area (Å²) in [7, 11) is 0. The van der Waals surface area contributed by atoms with Crippen LogP contribution in [0.4, 0.5) is 11.4 Å². The van der Waals surface area contributed by atoms with Crippen molar-refractivity contribution in [2.75, 3.05) is 10.2 Å². The maximum Gasteiger partial charge on any atom is 0.262 e. The Labute approximate surface area is 239 Å². The smallest absolute Gasteiger partial charge is 0.262 e. The third kappa shape index (κ3) is 3.31. The molecule has 6 aromatic rings. The number of benzene rings is 5. The average Bonchev–Trinajstić information content (AvgIpc) is 3.47. The Morgan fingerprint density at radius 2 is 1.46 bits per heavy atom. The van der Waals surface area contributed by atoms with Crippen molar-refractivity contribution in [2.24, 2.45) is 0 Å². The van der Waals surface area contributed by atoms with E-state index in [0.29, 0.717) is 6.54 Å². The number of nitrogens with zero attached hydrogens (tertiary/aromatic N) is 1. The van der Waals surface area contributed by atoms with Crippen molar-refractivity contribution in [1.82, 2.24) is 4.98 Å². The molecule has 5 aromatic carbocycles. The number of hydrogen-bond donors (Lipinski definition) is 2. The molecule has 0 aliphatic carbocycles. The molecule has 4 heteroatoms. The second kappa shape index (κ2) is 8.70. The number of anilines is 2. The van der Waals surface area contributed by atoms with Gasteiger partial charge in [-0.15, -0.1) is 0 Å². The van der Waals surface area contributed by atoms with Crippen LogP contribution in [0.25, 0.3) is 33.3 Å². The highest BCUT2D eigenvalue weighted by atomic mass is 16.2. The van der Waals surface area contributed by atoms with Crippen LogP contribution < -0.4 is 10.2 Å². The Morgan fingerprint density at radius 3 is 2.29 bits per heavy atom. The summed E-state index contributed by atoms with van der Waals surface area (Å²) >= 11 is 0. The Hall–Kier alpha value is -5.09. The highest BCUT2D eigenvalue weighted by Gasteiger charge is 2.55. The van der Waals surface area contributed by atoms with Gasteiger partial charge in [-0.05, 0) is 42.7 Å². The molecule has 4 nitrogen and oxygen atoms in total. The maximum atomic E-state index is 14.9. The molecule has 0 bridgehead atoms. The van der Waals surface area contributed by atoms with Gasteiger partial charge in [0, 0.05) is 39.0 Å². The van der Waals surface area contributed by atoms with E-state index in [9.17, 15) is 4.79 Å². The number of para-hydroxylation sites is 2. The molecule has 41 heavy (non-hydrogen) atoms. The minimum absolute atomic E-state index is 0.0425. The third-order valence-electron chi connectivity index (χ3n) is 8.85. The van der Waals surface area contributed by atoms with Crippen molar-refractivity contribution in [3.8, 4) is 22.4 Å². The standard InChI is InChI=1S/C37H29N3O/c1-23-16-18-25(19-17-23)22-40-32-15-9-7-13-29(32)37(36(40)41)30-21-20-27-24(2)34(26-10-4-3-5-11-26)38-35(27)33(30)28-12-6-8-14-31(28)39-37/h3-21,38-39H,22H2,1-2H3. The van der Waals surface area contributed by atoms with Crippen molar-refractivity contribution in [3.05, 3.63) is 143 Å². The van der Waals surface area contributed by atoms with E-state index in [0.717, 1.165) is 56.0 Å². The molecular formula is C37H29N3O. The van der Waals surface area contributed by atoms with Crippen LogP contribution in [0.3, 0.4) is 0 Å². The van der Waals surface area contributed by atoms with Crippen LogP contribution in [0.5, 0.6) is 0 Å². The summed E-state index contributed by atoms with van der Waals surface area (Å²) in [6, 6.07) is 39.8. The van der Waals surface area contributed by atoms with Gasteiger partial charge in [-0.3, -0.25) is 4.79 Å². The van der Waals surface area contributed by atoms with E-state index in [2.05, 4.69) is 115 Å². The largest absolute Gasteiger partial charge is 0.363 e. The number of nitrogens with one attached hydrogen (secondary N) is 2. The number of amides is 1. The summed E-state index contributed by atoms with van der Waals surface area (Å²) in [5.41, 5.74) is 11.9. The van der Waals surface area contributed by atoms with Gasteiger partial charge in [-0.2, -0.15) is 0 Å². The Bertz CT molecular complexity index is 1990. The van der Waals surface area contributed by atoms with Gasteiger partial charge in [0.2, 0.25) is 0 Å². The summed E-state index contributed by atoms with van der Waals surface area (Å²) in [6.07, 6.45) is 0. The van der Waals surface area contributed by atoms with Gasteiger partial charge in [0.15, 0.2) is 5.54 Å². The number of carbonyl (C=O) groups excluding carboxylic acids is 1. The number of carbonyl (C=O) groups is 1. The molecule has 0 saturated heterocycles. The molecule has 2 aliphatic heterocycles. The highest BCUT2D eigenvalue weighted by Crippen LogP contribution is 2.55. The first-order chi connectivity index (χ1) is 20.1. The minimum atomic E-state index is -1.04. The Morgan fingerprint density at radius 1 is 0.732 bits per heavy atom. The lowest BCUT2D eigenvalue weighted by Crippen LogP contribution is -2.48. The van der Waals surface area contributed by atoms with E-state index in [1.54, 1.807) is 0 Å². The van der Waals surface area contributed by atoms with E-state index >= 15 is 0 Å². The molecule has 3 heterocycles. The van der Waals surface area contributed by atoms with E-state index in [-0.39, 0.29) is 5.91 Å². The van der Waals surface area contributed by atoms with Gasteiger partial charge >= 0.3 is 0 Å². The van der Waals surface area contributed by atoms with Crippen LogP contribution in [0.2, 0.25) is 0 Å². The van der Waals surface area contributed by atoms with Crippen molar-refractivity contribution < 1.29 is 4.79 Å². The minimum Gasteiger partial charge on any atom is -0.363 e. The molecule has 1 atom stereocenters. The normalized spacial score (nSPS) is 16.9. The summed E-state index contributed by atoms with van der Waals surface area (Å²) in [4.78, 5) is 20.6. The zero-order valence-electron chi connectivity index (χ0n) is 23.0. The fraction of sp³-hybridized carbons (Fsp3) is 0.108. The molecule has 0 saturated carbocycles. The maximum absolute atomic E-state index is 14.9. The highest BCUT2D eigenvalue weighted by molar-refractivity contribution is 6.17. The molecule has 2 aliphatic rings. The number of aryl methyl sites for hydroxylation is 2. The first-order valence-electron chi connectivity index (χ1n) is 14.1. The summed E-state index contributed by atoms with van der Waals surface area (Å²) in [6.45, 7) is 4.77. The second-order valence-electron chi connectivity index (χ2n) is 11.2. The molecule has 0 fully saturated rings. The number of H-pyrrole nitrogens is 1. The van der Waals surface area contributed by atoms with Gasteiger partial charge in [0.05, 0.1) is 17.7 Å². The molecule has 1 amide bonds. The fourth-order valence-corrected chi connectivity index (χ4v) is 6.83. The molecule has 198 valence electrons. The van der Waals surface area contributed by atoms with Crippen LogP contribution in [-0.2, 0) is 16.9 Å². The Kier molecular flexibility index (Phi) is 5.05. The lowest BCUT2D eigenvalue weighted by molar-refractivity contribution is -0.121. The Balaban J connectivity index is 1.39. The SMILES string of the molecule is Cc1ccc(CN2C(=O)C3(Nc4ccccc4-c4c3ccc3c(C)c(-c5ccccc5)[nH]c43)c3ccccc32)cc1. The molecule has 0 radical (unpaired) electrons. The van der Waals surface area contributed by atoms with Crippen LogP contribution in [-0.4, -0.2) is 10.9 Å². The zero-order valence-corrected chi connectivity index (χ0v) is 23.0. The van der Waals surface area contributed by atoms with Gasteiger partial charge in [-0.25, -0.2) is 0 Å². The van der Waals surface area contributed by atoms with Crippen molar-refractivity contribution in [1.29, 1.82) is 0 Å². The fourth-order valence-electron chi connectivity index (χ4n) is 6.83. The van der Waals surface area contributed by atoms with Crippen molar-refractivity contribution in [2.45, 2.75) is 25.9 Å². The van der Waals surface area contributed by atoms with Gasteiger partial charge in [0.1, 0.15) is 0 Å². The number of rotatable bonds is 3. The van der Waals surface area contributed by atoms with Crippen molar-refractivity contribution >= 4 is 28.2 Å². The molecule has 8 rings (SSSR count). The average molecular weight is 532 g/mol. The quantitative estimate of drug-likeness (QED) is 0.241. The van der Waals surface area contributed by atoms with E-state index in [4.69, 9.17) is 0 Å². The van der Waals surface area contributed by atoms with E-state index in [1.807, 2.05) is 29.2 Å². The number of hydrogen-bond acceptors (Lipinski definition) is 2. The molecule has 1 spiro atoms. The number of aromatic nitrogens is 1. The monoisotopic (exact) mass is 531 g/mol. The van der Waals surface area contributed by atoms with Crippen LogP contribution in [0.1, 0.15) is 27.8 Å². The first-order valence-corrected chi connectivity index (χ1v) is 14.1. The predicted octanol–water partition coefficient (Wildman–Crippen LogP) is 8.33. The molecular weight excluding hydrogens is 502 g/mol. The van der Waals surface area contributed by atoms with Crippen LogP contribution >= 0.6 is 0 Å². The topological polar surface area (TPSA) is 48.1 Å².